The monoisotopic (exact) mass is 452 g/mol. The van der Waals surface area contributed by atoms with Crippen LogP contribution in [-0.4, -0.2) is 29.0 Å². The van der Waals surface area contributed by atoms with Gasteiger partial charge < -0.3 is 4.90 Å². The molecule has 1 fully saturated rings. The number of benzene rings is 2. The molecule has 1 aliphatic rings. The Bertz CT molecular complexity index is 1130. The van der Waals surface area contributed by atoms with E-state index in [-0.39, 0.29) is 5.56 Å². The van der Waals surface area contributed by atoms with Crippen molar-refractivity contribution in [3.05, 3.63) is 68.2 Å². The minimum atomic E-state index is -0.137. The summed E-state index contributed by atoms with van der Waals surface area (Å²) < 4.78 is 2.31. The molecule has 2 aromatic carbocycles. The van der Waals surface area contributed by atoms with Crippen molar-refractivity contribution in [2.45, 2.75) is 39.5 Å². The molecule has 1 saturated heterocycles. The van der Waals surface area contributed by atoms with E-state index < -0.39 is 0 Å². The van der Waals surface area contributed by atoms with E-state index in [1.54, 1.807) is 6.21 Å². The summed E-state index contributed by atoms with van der Waals surface area (Å²) in [6.07, 6.45) is 5.89. The van der Waals surface area contributed by atoms with Crippen LogP contribution in [0.3, 0.4) is 0 Å². The molecule has 1 aliphatic heterocycles. The van der Waals surface area contributed by atoms with Crippen LogP contribution < -0.4 is 10.5 Å². The van der Waals surface area contributed by atoms with E-state index in [4.69, 9.17) is 0 Å². The summed E-state index contributed by atoms with van der Waals surface area (Å²) in [6.45, 7) is 6.42. The lowest BCUT2D eigenvalue weighted by Gasteiger charge is -2.18. The first-order valence-electron chi connectivity index (χ1n) is 10.2. The summed E-state index contributed by atoms with van der Waals surface area (Å²) in [5, 5.41) is 5.12. The number of aryl methyl sites for hydroxylation is 2. The highest BCUT2D eigenvalue weighted by Crippen LogP contribution is 2.22. The van der Waals surface area contributed by atoms with Crippen molar-refractivity contribution in [1.29, 1.82) is 0 Å². The third-order valence-corrected chi connectivity index (χ3v) is 5.88. The lowest BCUT2D eigenvalue weighted by Crippen LogP contribution is -2.22. The van der Waals surface area contributed by atoms with Gasteiger partial charge in [-0.3, -0.25) is 4.79 Å². The zero-order valence-electron chi connectivity index (χ0n) is 16.9. The third-order valence-electron chi connectivity index (χ3n) is 5.39. The van der Waals surface area contributed by atoms with E-state index in [0.717, 1.165) is 35.1 Å². The first kappa shape index (κ1) is 19.8. The summed E-state index contributed by atoms with van der Waals surface area (Å²) >= 11 is 3.44. The molecule has 0 radical (unpaired) electrons. The number of rotatable bonds is 5. The van der Waals surface area contributed by atoms with Crippen molar-refractivity contribution in [2.75, 3.05) is 18.0 Å². The molecule has 0 aliphatic carbocycles. The van der Waals surface area contributed by atoms with E-state index in [2.05, 4.69) is 63.0 Å². The Balaban J connectivity index is 1.72. The smallest absolute Gasteiger partial charge is 0.282 e. The lowest BCUT2D eigenvalue weighted by atomic mass is 10.1. The minimum absolute atomic E-state index is 0.137. The number of nitrogens with zero attached hydrogens (tertiary/aromatic N) is 4. The van der Waals surface area contributed by atoms with Crippen LogP contribution >= 0.6 is 15.9 Å². The van der Waals surface area contributed by atoms with Gasteiger partial charge in [0.15, 0.2) is 0 Å². The number of hydrogen-bond donors (Lipinski definition) is 0. The molecule has 29 heavy (non-hydrogen) atoms. The summed E-state index contributed by atoms with van der Waals surface area (Å²) in [4.78, 5) is 20.2. The molecule has 1 aromatic heterocycles. The van der Waals surface area contributed by atoms with Crippen molar-refractivity contribution in [1.82, 2.24) is 9.66 Å². The molecule has 6 heteroatoms. The van der Waals surface area contributed by atoms with Crippen LogP contribution in [0.25, 0.3) is 10.9 Å². The molecule has 4 rings (SSSR count). The van der Waals surface area contributed by atoms with Crippen LogP contribution in [0.2, 0.25) is 0 Å². The van der Waals surface area contributed by atoms with Gasteiger partial charge in [0.05, 0.1) is 17.1 Å². The van der Waals surface area contributed by atoms with Crippen LogP contribution in [0, 0.1) is 6.92 Å². The van der Waals surface area contributed by atoms with E-state index in [1.165, 1.54) is 23.2 Å². The summed E-state index contributed by atoms with van der Waals surface area (Å²) in [7, 11) is 0. The second-order valence-corrected chi connectivity index (χ2v) is 8.45. The Hall–Kier alpha value is -2.47. The zero-order valence-corrected chi connectivity index (χ0v) is 18.4. The Labute approximate surface area is 179 Å². The highest BCUT2D eigenvalue weighted by atomic mass is 79.9. The Morgan fingerprint density at radius 2 is 1.97 bits per heavy atom. The van der Waals surface area contributed by atoms with E-state index >= 15 is 0 Å². The second-order valence-electron chi connectivity index (χ2n) is 7.54. The molecule has 5 nitrogen and oxygen atoms in total. The SMILES string of the molecule is CCCc1nc2ccc(Br)cc2c(=O)n1N=Cc1ccc(N2CCCC2)cc1C. The number of anilines is 1. The standard InChI is InChI=1S/C23H25BrN4O/c1-3-6-22-26-21-10-8-18(24)14-20(21)23(29)28(22)25-15-17-7-9-19(13-16(17)2)27-11-4-5-12-27/h7-10,13-15H,3-6,11-12H2,1-2H3. The Morgan fingerprint density at radius 1 is 1.17 bits per heavy atom. The molecule has 0 N–H and O–H groups in total. The van der Waals surface area contributed by atoms with Crippen LogP contribution in [0.4, 0.5) is 5.69 Å². The van der Waals surface area contributed by atoms with Crippen LogP contribution in [0.15, 0.2) is 50.8 Å². The van der Waals surface area contributed by atoms with Crippen molar-refractivity contribution in [3.8, 4) is 0 Å². The van der Waals surface area contributed by atoms with Gasteiger partial charge >= 0.3 is 0 Å². The van der Waals surface area contributed by atoms with Gasteiger partial charge in [-0.25, -0.2) is 4.98 Å². The third kappa shape index (κ3) is 4.13. The molecule has 2 heterocycles. The highest BCUT2D eigenvalue weighted by Gasteiger charge is 2.13. The fraction of sp³-hybridized carbons (Fsp3) is 0.348. The van der Waals surface area contributed by atoms with Crippen LogP contribution in [0.5, 0.6) is 0 Å². The predicted octanol–water partition coefficient (Wildman–Crippen LogP) is 4.90. The van der Waals surface area contributed by atoms with Crippen LogP contribution in [0.1, 0.15) is 43.1 Å². The summed E-state index contributed by atoms with van der Waals surface area (Å²) in [5.41, 5.74) is 4.00. The van der Waals surface area contributed by atoms with Gasteiger partial charge in [-0.05, 0) is 67.6 Å². The van der Waals surface area contributed by atoms with E-state index in [0.29, 0.717) is 23.1 Å². The number of hydrogen-bond acceptors (Lipinski definition) is 4. The molecule has 0 amide bonds. The summed E-state index contributed by atoms with van der Waals surface area (Å²) in [5.74, 6) is 0.690. The molecule has 0 spiro atoms. The van der Waals surface area contributed by atoms with E-state index in [9.17, 15) is 4.79 Å². The largest absolute Gasteiger partial charge is 0.372 e. The second kappa shape index (κ2) is 8.49. The van der Waals surface area contributed by atoms with E-state index in [1.807, 2.05) is 18.2 Å². The number of aromatic nitrogens is 2. The maximum absolute atomic E-state index is 13.1. The van der Waals surface area contributed by atoms with Crippen molar-refractivity contribution in [3.63, 3.8) is 0 Å². The zero-order chi connectivity index (χ0) is 20.4. The van der Waals surface area contributed by atoms with Gasteiger partial charge in [0.1, 0.15) is 5.82 Å². The van der Waals surface area contributed by atoms with Crippen molar-refractivity contribution in [2.24, 2.45) is 5.10 Å². The fourth-order valence-corrected chi connectivity index (χ4v) is 4.16. The van der Waals surface area contributed by atoms with Gasteiger partial charge in [-0.1, -0.05) is 28.9 Å². The topological polar surface area (TPSA) is 50.5 Å². The van der Waals surface area contributed by atoms with Gasteiger partial charge in [0.2, 0.25) is 0 Å². The van der Waals surface area contributed by atoms with Crippen molar-refractivity contribution < 1.29 is 0 Å². The molecular weight excluding hydrogens is 428 g/mol. The average molecular weight is 453 g/mol. The van der Waals surface area contributed by atoms with Gasteiger partial charge in [-0.15, -0.1) is 0 Å². The van der Waals surface area contributed by atoms with Crippen molar-refractivity contribution >= 4 is 38.7 Å². The minimum Gasteiger partial charge on any atom is -0.372 e. The predicted molar refractivity (Wildman–Crippen MR) is 123 cm³/mol. The van der Waals surface area contributed by atoms with Gasteiger partial charge in [0.25, 0.3) is 5.56 Å². The molecular formula is C23H25BrN4O. The van der Waals surface area contributed by atoms with Gasteiger partial charge in [-0.2, -0.15) is 9.78 Å². The lowest BCUT2D eigenvalue weighted by molar-refractivity contribution is 0.703. The normalized spacial score (nSPS) is 14.4. The number of fused-ring (bicyclic) bond motifs is 1. The molecule has 0 unspecified atom stereocenters. The first-order valence-corrected chi connectivity index (χ1v) is 11.0. The first-order chi connectivity index (χ1) is 14.1. The van der Waals surface area contributed by atoms with Gasteiger partial charge in [0, 0.05) is 29.7 Å². The molecule has 0 bridgehead atoms. The van der Waals surface area contributed by atoms with Crippen LogP contribution in [-0.2, 0) is 6.42 Å². The average Bonchev–Trinajstić information content (AvgIpc) is 3.24. The maximum Gasteiger partial charge on any atom is 0.282 e. The Kier molecular flexibility index (Phi) is 5.81. The summed E-state index contributed by atoms with van der Waals surface area (Å²) in [6, 6.07) is 12.0. The quantitative estimate of drug-likeness (QED) is 0.517. The molecule has 0 atom stereocenters. The Morgan fingerprint density at radius 3 is 2.69 bits per heavy atom. The molecule has 0 saturated carbocycles. The highest BCUT2D eigenvalue weighted by molar-refractivity contribution is 9.10. The maximum atomic E-state index is 13.1. The fourth-order valence-electron chi connectivity index (χ4n) is 3.80. The number of halogens is 1. The molecule has 150 valence electrons. The molecule has 3 aromatic rings.